The molecule has 2 fully saturated rings. The van der Waals surface area contributed by atoms with Gasteiger partial charge in [-0.15, -0.1) is 0 Å². The Labute approximate surface area is 129 Å². The minimum atomic E-state index is 0.436. The molecule has 2 aliphatic rings. The molecule has 0 radical (unpaired) electrons. The fourth-order valence-corrected chi connectivity index (χ4v) is 4.47. The van der Waals surface area contributed by atoms with E-state index in [2.05, 4.69) is 61.3 Å². The van der Waals surface area contributed by atoms with Crippen molar-refractivity contribution in [1.82, 2.24) is 10.2 Å². The molecule has 0 spiro atoms. The minimum Gasteiger partial charge on any atom is -0.312 e. The Kier molecular flexibility index (Phi) is 4.37. The number of nitrogens with one attached hydrogen (secondary N) is 1. The highest BCUT2D eigenvalue weighted by Crippen LogP contribution is 2.42. The topological polar surface area (TPSA) is 15.3 Å². The second-order valence-electron chi connectivity index (χ2n) is 7.52. The number of hydrogen-bond donors (Lipinski definition) is 1. The van der Waals surface area contributed by atoms with Crippen molar-refractivity contribution in [1.29, 1.82) is 0 Å². The van der Waals surface area contributed by atoms with Gasteiger partial charge < -0.3 is 5.32 Å². The van der Waals surface area contributed by atoms with Crippen molar-refractivity contribution in [3.05, 3.63) is 35.9 Å². The molecule has 1 N–H and O–H groups in total. The zero-order chi connectivity index (χ0) is 14.9. The second-order valence-corrected chi connectivity index (χ2v) is 7.52. The van der Waals surface area contributed by atoms with Crippen LogP contribution in [0.25, 0.3) is 0 Å². The minimum absolute atomic E-state index is 0.436. The van der Waals surface area contributed by atoms with E-state index in [-0.39, 0.29) is 0 Å². The predicted octanol–water partition coefficient (Wildman–Crippen LogP) is 3.64. The quantitative estimate of drug-likeness (QED) is 0.909. The van der Waals surface area contributed by atoms with Crippen LogP contribution in [0.15, 0.2) is 30.3 Å². The molecule has 3 rings (SSSR count). The monoisotopic (exact) mass is 286 g/mol. The van der Waals surface area contributed by atoms with E-state index in [4.69, 9.17) is 0 Å². The highest BCUT2D eigenvalue weighted by Gasteiger charge is 2.45. The molecule has 1 aromatic carbocycles. The summed E-state index contributed by atoms with van der Waals surface area (Å²) in [6.07, 6.45) is 4.02. The largest absolute Gasteiger partial charge is 0.312 e. The first-order valence-corrected chi connectivity index (χ1v) is 8.64. The molecule has 2 heteroatoms. The molecule has 2 nitrogen and oxygen atoms in total. The highest BCUT2D eigenvalue weighted by molar-refractivity contribution is 5.21. The molecule has 3 unspecified atom stereocenters. The summed E-state index contributed by atoms with van der Waals surface area (Å²) in [5.74, 6) is 0.734. The van der Waals surface area contributed by atoms with E-state index in [0.717, 1.165) is 18.5 Å². The van der Waals surface area contributed by atoms with Crippen LogP contribution in [0.1, 0.15) is 51.5 Å². The maximum atomic E-state index is 3.77. The Morgan fingerprint density at radius 3 is 2.67 bits per heavy atom. The molecular weight excluding hydrogens is 256 g/mol. The third kappa shape index (κ3) is 3.02. The van der Waals surface area contributed by atoms with Crippen LogP contribution in [-0.2, 0) is 0 Å². The molecule has 21 heavy (non-hydrogen) atoms. The van der Waals surface area contributed by atoms with Crippen molar-refractivity contribution in [2.45, 2.75) is 58.0 Å². The summed E-state index contributed by atoms with van der Waals surface area (Å²) in [5.41, 5.74) is 1.96. The molecule has 1 heterocycles. The van der Waals surface area contributed by atoms with Crippen molar-refractivity contribution >= 4 is 0 Å². The van der Waals surface area contributed by atoms with Crippen molar-refractivity contribution in [2.24, 2.45) is 5.41 Å². The molecule has 0 aromatic heterocycles. The van der Waals surface area contributed by atoms with Gasteiger partial charge >= 0.3 is 0 Å². The molecule has 0 amide bonds. The first-order chi connectivity index (χ1) is 10.1. The van der Waals surface area contributed by atoms with E-state index in [9.17, 15) is 0 Å². The van der Waals surface area contributed by atoms with Crippen LogP contribution >= 0.6 is 0 Å². The third-order valence-corrected chi connectivity index (χ3v) is 5.69. The summed E-state index contributed by atoms with van der Waals surface area (Å²) < 4.78 is 0. The van der Waals surface area contributed by atoms with E-state index in [1.54, 1.807) is 0 Å². The van der Waals surface area contributed by atoms with Gasteiger partial charge in [-0.25, -0.2) is 0 Å². The number of hydrogen-bond acceptors (Lipinski definition) is 2. The molecule has 1 saturated heterocycles. The maximum Gasteiger partial charge on any atom is 0.0274 e. The molecule has 1 aliphatic carbocycles. The number of benzene rings is 1. The average Bonchev–Trinajstić information content (AvgIpc) is 3.06. The van der Waals surface area contributed by atoms with E-state index in [1.165, 1.54) is 37.9 Å². The summed E-state index contributed by atoms with van der Waals surface area (Å²) in [4.78, 5) is 2.76. The Balaban J connectivity index is 1.68. The van der Waals surface area contributed by atoms with Crippen LogP contribution in [0.3, 0.4) is 0 Å². The Morgan fingerprint density at radius 2 is 1.95 bits per heavy atom. The summed E-state index contributed by atoms with van der Waals surface area (Å²) in [6, 6.07) is 12.5. The van der Waals surface area contributed by atoms with Gasteiger partial charge in [0.05, 0.1) is 0 Å². The van der Waals surface area contributed by atoms with Gasteiger partial charge in [0, 0.05) is 18.6 Å². The lowest BCUT2D eigenvalue weighted by Gasteiger charge is -2.36. The average molecular weight is 286 g/mol. The lowest BCUT2D eigenvalue weighted by Crippen LogP contribution is -2.51. The molecule has 3 atom stereocenters. The Bertz CT molecular complexity index is 454. The van der Waals surface area contributed by atoms with E-state index in [1.807, 2.05) is 0 Å². The van der Waals surface area contributed by atoms with Crippen molar-refractivity contribution in [3.63, 3.8) is 0 Å². The van der Waals surface area contributed by atoms with Crippen molar-refractivity contribution in [2.75, 3.05) is 19.6 Å². The van der Waals surface area contributed by atoms with Gasteiger partial charge in [0.25, 0.3) is 0 Å². The Hall–Kier alpha value is -0.860. The molecule has 116 valence electrons. The standard InChI is InChI=1S/C19H30N2/c1-4-20-18-17(10-12-19(18,2)3)21-13-11-16(14-21)15-8-6-5-7-9-15/h5-9,16-18,20H,4,10-14H2,1-3H3. The number of rotatable bonds is 4. The van der Waals surface area contributed by atoms with Crippen LogP contribution in [-0.4, -0.2) is 36.6 Å². The fourth-order valence-electron chi connectivity index (χ4n) is 4.47. The summed E-state index contributed by atoms with van der Waals surface area (Å²) in [6.45, 7) is 10.7. The van der Waals surface area contributed by atoms with Crippen LogP contribution < -0.4 is 5.32 Å². The predicted molar refractivity (Wildman–Crippen MR) is 89.6 cm³/mol. The molecule has 1 aromatic rings. The van der Waals surface area contributed by atoms with E-state index in [0.29, 0.717) is 11.5 Å². The molecule has 0 bridgehead atoms. The lowest BCUT2D eigenvalue weighted by atomic mass is 9.86. The molecule has 1 saturated carbocycles. The first kappa shape index (κ1) is 15.1. The van der Waals surface area contributed by atoms with Gasteiger partial charge in [0.15, 0.2) is 0 Å². The zero-order valence-corrected chi connectivity index (χ0v) is 13.8. The summed E-state index contributed by atoms with van der Waals surface area (Å²) >= 11 is 0. The smallest absolute Gasteiger partial charge is 0.0274 e. The van der Waals surface area contributed by atoms with Crippen LogP contribution in [0.4, 0.5) is 0 Å². The van der Waals surface area contributed by atoms with E-state index < -0.39 is 0 Å². The highest BCUT2D eigenvalue weighted by atomic mass is 15.2. The Morgan fingerprint density at radius 1 is 1.19 bits per heavy atom. The van der Waals surface area contributed by atoms with Crippen LogP contribution in [0, 0.1) is 5.41 Å². The van der Waals surface area contributed by atoms with Crippen molar-refractivity contribution < 1.29 is 0 Å². The molecule has 1 aliphatic heterocycles. The van der Waals surface area contributed by atoms with Crippen molar-refractivity contribution in [3.8, 4) is 0 Å². The van der Waals surface area contributed by atoms with Crippen LogP contribution in [0.5, 0.6) is 0 Å². The van der Waals surface area contributed by atoms with Gasteiger partial charge in [-0.05, 0) is 49.2 Å². The van der Waals surface area contributed by atoms with Crippen LogP contribution in [0.2, 0.25) is 0 Å². The maximum absolute atomic E-state index is 3.77. The lowest BCUT2D eigenvalue weighted by molar-refractivity contribution is 0.170. The number of likely N-dealkylation sites (tertiary alicyclic amines) is 1. The summed E-state index contributed by atoms with van der Waals surface area (Å²) in [7, 11) is 0. The van der Waals surface area contributed by atoms with E-state index >= 15 is 0 Å². The van der Waals surface area contributed by atoms with Gasteiger partial charge in [0.1, 0.15) is 0 Å². The van der Waals surface area contributed by atoms with Gasteiger partial charge in [-0.1, -0.05) is 51.1 Å². The zero-order valence-electron chi connectivity index (χ0n) is 13.8. The summed E-state index contributed by atoms with van der Waals surface area (Å²) in [5, 5.41) is 3.77. The third-order valence-electron chi connectivity index (χ3n) is 5.69. The normalized spacial score (nSPS) is 32.6. The van der Waals surface area contributed by atoms with Gasteiger partial charge in [-0.2, -0.15) is 0 Å². The number of likely N-dealkylation sites (N-methyl/N-ethyl adjacent to an activating group) is 1. The fraction of sp³-hybridized carbons (Fsp3) is 0.684. The van der Waals surface area contributed by atoms with Gasteiger partial charge in [-0.3, -0.25) is 4.90 Å². The second kappa shape index (κ2) is 6.10. The van der Waals surface area contributed by atoms with Gasteiger partial charge in [0.2, 0.25) is 0 Å². The number of nitrogens with zero attached hydrogens (tertiary/aromatic N) is 1. The first-order valence-electron chi connectivity index (χ1n) is 8.64. The SMILES string of the molecule is CCNC1C(N2CCC(c3ccccc3)C2)CCC1(C)C. The molecular formula is C19H30N2.